The lowest BCUT2D eigenvalue weighted by molar-refractivity contribution is 0.487. The molecule has 0 saturated heterocycles. The standard InChI is InChI=1S/C57H35N3O2/c1-2-13-38(14-3-1)57-59-51(37-26-24-36(25-27-37)40-15-12-30-58-35-40)34-52(60-57)39-28-29-45-43-18-5-4-16-41(43)42-17-6-7-19-44(42)46-20-8-10-22-53(46)61-56-32-49-47-21-9-11-23-54(47)62-55(49)33-50(56)48(45)31-39/h1-35H. The maximum Gasteiger partial charge on any atom is 0.160 e. The van der Waals surface area contributed by atoms with Crippen LogP contribution in [0.1, 0.15) is 0 Å². The molecule has 290 valence electrons. The summed E-state index contributed by atoms with van der Waals surface area (Å²) in [6.45, 7) is 0. The first-order chi connectivity index (χ1) is 30.7. The highest BCUT2D eigenvalue weighted by Crippen LogP contribution is 2.50. The lowest BCUT2D eigenvalue weighted by atomic mass is 9.85. The van der Waals surface area contributed by atoms with Crippen molar-refractivity contribution in [3.63, 3.8) is 0 Å². The number of pyridine rings is 1. The Bertz CT molecular complexity index is 3490. The molecule has 0 radical (unpaired) electrons. The molecule has 0 unspecified atom stereocenters. The van der Waals surface area contributed by atoms with Crippen molar-refractivity contribution < 1.29 is 9.15 Å². The average molecular weight is 794 g/mol. The van der Waals surface area contributed by atoms with E-state index >= 15 is 0 Å². The number of ether oxygens (including phenoxy) is 1. The number of nitrogens with zero attached hydrogens (tertiary/aromatic N) is 3. The predicted octanol–water partition coefficient (Wildman–Crippen LogP) is 15.2. The fraction of sp³-hybridized carbons (Fsp3) is 0. The molecule has 0 saturated carbocycles. The fourth-order valence-electron chi connectivity index (χ4n) is 8.84. The van der Waals surface area contributed by atoms with Gasteiger partial charge in [-0.2, -0.15) is 0 Å². The van der Waals surface area contributed by atoms with Crippen LogP contribution < -0.4 is 4.74 Å². The Kier molecular flexibility index (Phi) is 8.42. The van der Waals surface area contributed by atoms with E-state index in [2.05, 4.69) is 157 Å². The van der Waals surface area contributed by atoms with Crippen molar-refractivity contribution in [2.75, 3.05) is 0 Å². The zero-order chi connectivity index (χ0) is 41.0. The maximum atomic E-state index is 7.18. The van der Waals surface area contributed by atoms with E-state index < -0.39 is 0 Å². The molecule has 5 heteroatoms. The number of rotatable bonds is 4. The molecule has 0 spiro atoms. The Labute approximate surface area is 358 Å². The normalized spacial score (nSPS) is 11.7. The first-order valence-electron chi connectivity index (χ1n) is 20.7. The van der Waals surface area contributed by atoms with Gasteiger partial charge in [0.2, 0.25) is 0 Å². The lowest BCUT2D eigenvalue weighted by Gasteiger charge is -2.18. The van der Waals surface area contributed by atoms with Gasteiger partial charge in [0.25, 0.3) is 0 Å². The van der Waals surface area contributed by atoms with Gasteiger partial charge in [0, 0.05) is 51.0 Å². The molecule has 0 bridgehead atoms. The van der Waals surface area contributed by atoms with Gasteiger partial charge in [-0.1, -0.05) is 158 Å². The highest BCUT2D eigenvalue weighted by atomic mass is 16.5. The van der Waals surface area contributed by atoms with Crippen LogP contribution in [0.3, 0.4) is 0 Å². The number of hydrogen-bond acceptors (Lipinski definition) is 5. The van der Waals surface area contributed by atoms with Crippen LogP contribution in [0.2, 0.25) is 0 Å². The van der Waals surface area contributed by atoms with Crippen LogP contribution in [0, 0.1) is 0 Å². The van der Waals surface area contributed by atoms with E-state index in [-0.39, 0.29) is 0 Å². The molecule has 62 heavy (non-hydrogen) atoms. The summed E-state index contributed by atoms with van der Waals surface area (Å²) >= 11 is 0. The van der Waals surface area contributed by atoms with Crippen molar-refractivity contribution in [2.45, 2.75) is 0 Å². The summed E-state index contributed by atoms with van der Waals surface area (Å²) in [7, 11) is 0. The topological polar surface area (TPSA) is 61.0 Å². The first-order valence-corrected chi connectivity index (χ1v) is 20.7. The SMILES string of the molecule is c1ccc(-c2nc(-c3ccc(-c4cccnc4)cc3)cc(-c3ccc4c(c3)-c3cc5oc6ccccc6c5cc3Oc3ccccc3-c3ccccc3-c3ccccc3-4)n2)cc1. The smallest absolute Gasteiger partial charge is 0.160 e. The summed E-state index contributed by atoms with van der Waals surface area (Å²) < 4.78 is 13.8. The minimum atomic E-state index is 0.650. The van der Waals surface area contributed by atoms with Gasteiger partial charge in [-0.15, -0.1) is 0 Å². The summed E-state index contributed by atoms with van der Waals surface area (Å²) in [6, 6.07) is 69.6. The van der Waals surface area contributed by atoms with E-state index in [1.807, 2.05) is 54.7 Å². The molecule has 11 aromatic rings. The first kappa shape index (κ1) is 35.5. The molecule has 4 heterocycles. The van der Waals surface area contributed by atoms with Crippen LogP contribution >= 0.6 is 0 Å². The monoisotopic (exact) mass is 793 g/mol. The summed E-state index contributed by atoms with van der Waals surface area (Å²) in [6.07, 6.45) is 3.68. The summed E-state index contributed by atoms with van der Waals surface area (Å²) in [4.78, 5) is 14.8. The molecular formula is C57H35N3O2. The fourth-order valence-corrected chi connectivity index (χ4v) is 8.84. The van der Waals surface area contributed by atoms with Crippen LogP contribution in [0.5, 0.6) is 11.5 Å². The second-order valence-corrected chi connectivity index (χ2v) is 15.5. The van der Waals surface area contributed by atoms with Gasteiger partial charge >= 0.3 is 0 Å². The highest BCUT2D eigenvalue weighted by molar-refractivity contribution is 6.08. The van der Waals surface area contributed by atoms with Crippen LogP contribution in [-0.4, -0.2) is 15.0 Å². The largest absolute Gasteiger partial charge is 0.456 e. The van der Waals surface area contributed by atoms with Gasteiger partial charge in [-0.3, -0.25) is 4.98 Å². The van der Waals surface area contributed by atoms with E-state index in [9.17, 15) is 0 Å². The summed E-state index contributed by atoms with van der Waals surface area (Å²) in [5.74, 6) is 2.15. The summed E-state index contributed by atoms with van der Waals surface area (Å²) in [5.41, 5.74) is 16.7. The molecule has 0 aliphatic carbocycles. The molecule has 12 rings (SSSR count). The van der Waals surface area contributed by atoms with Crippen LogP contribution in [0.4, 0.5) is 0 Å². The molecule has 0 fully saturated rings. The molecular weight excluding hydrogens is 759 g/mol. The molecule has 1 aliphatic heterocycles. The number of benzene rings is 8. The van der Waals surface area contributed by atoms with E-state index in [0.29, 0.717) is 5.82 Å². The van der Waals surface area contributed by atoms with Crippen molar-refractivity contribution in [3.05, 3.63) is 213 Å². The van der Waals surface area contributed by atoms with Crippen LogP contribution in [0.15, 0.2) is 217 Å². The molecule has 1 aliphatic rings. The van der Waals surface area contributed by atoms with E-state index in [0.717, 1.165) is 117 Å². The number of furan rings is 1. The molecule has 0 N–H and O–H groups in total. The van der Waals surface area contributed by atoms with Crippen molar-refractivity contribution in [2.24, 2.45) is 0 Å². The van der Waals surface area contributed by atoms with Crippen molar-refractivity contribution >= 4 is 21.9 Å². The van der Waals surface area contributed by atoms with Crippen molar-refractivity contribution in [3.8, 4) is 101 Å². The minimum Gasteiger partial charge on any atom is -0.456 e. The Balaban J connectivity index is 1.12. The van der Waals surface area contributed by atoms with Crippen molar-refractivity contribution in [1.29, 1.82) is 0 Å². The Morgan fingerprint density at radius 1 is 0.323 bits per heavy atom. The third kappa shape index (κ3) is 6.14. The highest BCUT2D eigenvalue weighted by Gasteiger charge is 2.24. The molecule has 5 nitrogen and oxygen atoms in total. The lowest BCUT2D eigenvalue weighted by Crippen LogP contribution is -1.97. The second kappa shape index (κ2) is 14.7. The Morgan fingerprint density at radius 2 is 0.919 bits per heavy atom. The van der Waals surface area contributed by atoms with E-state index in [1.54, 1.807) is 6.20 Å². The maximum absolute atomic E-state index is 7.18. The van der Waals surface area contributed by atoms with Gasteiger partial charge in [-0.25, -0.2) is 9.97 Å². The molecule has 0 atom stereocenters. The van der Waals surface area contributed by atoms with Crippen LogP contribution in [-0.2, 0) is 0 Å². The average Bonchev–Trinajstić information content (AvgIpc) is 3.71. The zero-order valence-electron chi connectivity index (χ0n) is 33.4. The third-order valence-electron chi connectivity index (χ3n) is 11.8. The van der Waals surface area contributed by atoms with Crippen molar-refractivity contribution in [1.82, 2.24) is 15.0 Å². The minimum absolute atomic E-state index is 0.650. The molecule has 3 aromatic heterocycles. The van der Waals surface area contributed by atoms with E-state index in [4.69, 9.17) is 19.1 Å². The third-order valence-corrected chi connectivity index (χ3v) is 11.8. The Hall–Kier alpha value is -8.41. The van der Waals surface area contributed by atoms with Gasteiger partial charge in [0.15, 0.2) is 5.82 Å². The van der Waals surface area contributed by atoms with Gasteiger partial charge < -0.3 is 9.15 Å². The number of hydrogen-bond donors (Lipinski definition) is 0. The number of para-hydroxylation sites is 2. The number of aromatic nitrogens is 3. The predicted molar refractivity (Wildman–Crippen MR) is 251 cm³/mol. The second-order valence-electron chi connectivity index (χ2n) is 15.5. The van der Waals surface area contributed by atoms with E-state index in [1.165, 1.54) is 0 Å². The zero-order valence-corrected chi connectivity index (χ0v) is 33.4. The van der Waals surface area contributed by atoms with Gasteiger partial charge in [-0.05, 0) is 87.0 Å². The molecule has 0 amide bonds. The van der Waals surface area contributed by atoms with Gasteiger partial charge in [0.1, 0.15) is 22.7 Å². The molecule has 8 aromatic carbocycles. The van der Waals surface area contributed by atoms with Gasteiger partial charge in [0.05, 0.1) is 11.4 Å². The number of fused-ring (bicyclic) bond motifs is 12. The summed E-state index contributed by atoms with van der Waals surface area (Å²) in [5, 5.41) is 2.03. The van der Waals surface area contributed by atoms with Crippen LogP contribution in [0.25, 0.3) is 111 Å². The Morgan fingerprint density at radius 3 is 1.66 bits per heavy atom. The quantitative estimate of drug-likeness (QED) is 0.178.